The van der Waals surface area contributed by atoms with Crippen LogP contribution in [0, 0.1) is 5.92 Å². The van der Waals surface area contributed by atoms with Gasteiger partial charge in [-0.2, -0.15) is 4.98 Å². The van der Waals surface area contributed by atoms with Crippen LogP contribution < -0.4 is 5.73 Å². The number of hydrogen-bond acceptors (Lipinski definition) is 6. The van der Waals surface area contributed by atoms with Crippen LogP contribution in [-0.2, 0) is 0 Å². The number of anilines is 1. The van der Waals surface area contributed by atoms with E-state index in [4.69, 9.17) is 5.73 Å². The number of nitrogens with zero attached hydrogens (tertiary/aromatic N) is 4. The second kappa shape index (κ2) is 6.03. The average molecular weight is 305 g/mol. The van der Waals surface area contributed by atoms with Crippen LogP contribution in [0.2, 0.25) is 0 Å². The van der Waals surface area contributed by atoms with Gasteiger partial charge in [0, 0.05) is 12.5 Å². The van der Waals surface area contributed by atoms with E-state index in [-0.39, 0.29) is 24.5 Å². The zero-order chi connectivity index (χ0) is 14.8. The fraction of sp³-hybridized carbons (Fsp3) is 0.500. The van der Waals surface area contributed by atoms with Crippen molar-refractivity contribution in [1.29, 1.82) is 0 Å². The van der Waals surface area contributed by atoms with Gasteiger partial charge in [0.1, 0.15) is 10.5 Å². The molecule has 7 heteroatoms. The predicted octanol–water partition coefficient (Wildman–Crippen LogP) is 2.02. The van der Waals surface area contributed by atoms with Crippen LogP contribution in [0.4, 0.5) is 5.95 Å². The number of thioether (sulfide) groups is 1. The molecule has 2 heterocycles. The Balaban J connectivity index is 1.98. The van der Waals surface area contributed by atoms with Gasteiger partial charge in [-0.15, -0.1) is 11.8 Å². The number of aromatic nitrogens is 4. The SMILES string of the molecule is CCCSc1nc(N)nc2c1ncn2C1C=CC(CO)C1. The van der Waals surface area contributed by atoms with Gasteiger partial charge in [0.05, 0.1) is 12.4 Å². The van der Waals surface area contributed by atoms with Gasteiger partial charge >= 0.3 is 0 Å². The average Bonchev–Trinajstić information content (AvgIpc) is 3.10. The number of hydrogen-bond donors (Lipinski definition) is 2. The molecule has 2 aromatic rings. The minimum absolute atomic E-state index is 0.172. The molecular weight excluding hydrogens is 286 g/mol. The molecule has 0 radical (unpaired) electrons. The Morgan fingerprint density at radius 2 is 2.29 bits per heavy atom. The first-order valence-electron chi connectivity index (χ1n) is 7.15. The number of aliphatic hydroxyl groups is 1. The van der Waals surface area contributed by atoms with E-state index >= 15 is 0 Å². The van der Waals surface area contributed by atoms with Crippen molar-refractivity contribution in [1.82, 2.24) is 19.5 Å². The normalized spacial score (nSPS) is 21.4. The summed E-state index contributed by atoms with van der Waals surface area (Å²) in [6.45, 7) is 2.31. The molecule has 3 rings (SSSR count). The number of nitrogen functional groups attached to an aromatic ring is 1. The van der Waals surface area contributed by atoms with E-state index in [1.807, 2.05) is 10.6 Å². The molecule has 0 amide bonds. The Kier molecular flexibility index (Phi) is 4.12. The Labute approximate surface area is 127 Å². The Hall–Kier alpha value is -1.60. The number of rotatable bonds is 5. The lowest BCUT2D eigenvalue weighted by Crippen LogP contribution is -2.08. The molecular formula is C14H19N5OS. The fourth-order valence-corrected chi connectivity index (χ4v) is 3.38. The zero-order valence-corrected chi connectivity index (χ0v) is 12.8. The minimum atomic E-state index is 0.172. The molecule has 6 nitrogen and oxygen atoms in total. The summed E-state index contributed by atoms with van der Waals surface area (Å²) in [5.74, 6) is 1.47. The summed E-state index contributed by atoms with van der Waals surface area (Å²) in [7, 11) is 0. The van der Waals surface area contributed by atoms with Crippen molar-refractivity contribution >= 4 is 28.9 Å². The van der Waals surface area contributed by atoms with E-state index in [9.17, 15) is 5.11 Å². The number of allylic oxidation sites excluding steroid dienone is 1. The summed E-state index contributed by atoms with van der Waals surface area (Å²) in [5.41, 5.74) is 7.42. The highest BCUT2D eigenvalue weighted by Crippen LogP contribution is 2.32. The second-order valence-electron chi connectivity index (χ2n) is 5.19. The summed E-state index contributed by atoms with van der Waals surface area (Å²) in [5, 5.41) is 10.1. The van der Waals surface area contributed by atoms with Crippen LogP contribution in [0.1, 0.15) is 25.8 Å². The Morgan fingerprint density at radius 3 is 3.00 bits per heavy atom. The van der Waals surface area contributed by atoms with E-state index in [1.165, 1.54) is 0 Å². The number of aliphatic hydroxyl groups excluding tert-OH is 1. The molecule has 0 aliphatic heterocycles. The maximum absolute atomic E-state index is 9.25. The van der Waals surface area contributed by atoms with Crippen molar-refractivity contribution in [2.75, 3.05) is 18.1 Å². The molecule has 0 bridgehead atoms. The molecule has 1 aliphatic carbocycles. The van der Waals surface area contributed by atoms with E-state index in [0.29, 0.717) is 0 Å². The molecule has 0 aromatic carbocycles. The molecule has 21 heavy (non-hydrogen) atoms. The van der Waals surface area contributed by atoms with Crippen LogP contribution in [0.25, 0.3) is 11.2 Å². The summed E-state index contributed by atoms with van der Waals surface area (Å²) in [6, 6.07) is 0.172. The highest BCUT2D eigenvalue weighted by molar-refractivity contribution is 7.99. The third-order valence-electron chi connectivity index (χ3n) is 3.59. The number of fused-ring (bicyclic) bond motifs is 1. The maximum Gasteiger partial charge on any atom is 0.223 e. The first-order valence-corrected chi connectivity index (χ1v) is 8.13. The van der Waals surface area contributed by atoms with Gasteiger partial charge in [-0.25, -0.2) is 9.97 Å². The smallest absolute Gasteiger partial charge is 0.223 e. The minimum Gasteiger partial charge on any atom is -0.396 e. The van der Waals surface area contributed by atoms with E-state index in [0.717, 1.165) is 34.8 Å². The molecule has 3 N–H and O–H groups in total. The van der Waals surface area contributed by atoms with Crippen LogP contribution in [0.15, 0.2) is 23.5 Å². The molecule has 112 valence electrons. The molecule has 0 fully saturated rings. The van der Waals surface area contributed by atoms with Crippen molar-refractivity contribution in [3.05, 3.63) is 18.5 Å². The highest BCUT2D eigenvalue weighted by Gasteiger charge is 2.23. The van der Waals surface area contributed by atoms with Gasteiger partial charge in [-0.1, -0.05) is 19.1 Å². The molecule has 2 aromatic heterocycles. The summed E-state index contributed by atoms with van der Waals surface area (Å²) in [6.07, 6.45) is 7.88. The van der Waals surface area contributed by atoms with E-state index in [2.05, 4.69) is 28.0 Å². The van der Waals surface area contributed by atoms with Gasteiger partial charge in [0.2, 0.25) is 5.95 Å². The third-order valence-corrected chi connectivity index (χ3v) is 4.76. The van der Waals surface area contributed by atoms with Gasteiger partial charge in [-0.3, -0.25) is 0 Å². The number of imidazole rings is 1. The standard InChI is InChI=1S/C14H19N5OS/c1-2-5-21-13-11-12(17-14(15)18-13)19(8-16-11)10-4-3-9(6-10)7-20/h3-4,8-10,20H,2,5-7H2,1H3,(H2,15,17,18). The molecule has 1 aliphatic rings. The van der Waals surface area contributed by atoms with Crippen molar-refractivity contribution in [3.8, 4) is 0 Å². The van der Waals surface area contributed by atoms with Gasteiger partial charge in [0.25, 0.3) is 0 Å². The van der Waals surface area contributed by atoms with Crippen LogP contribution in [0.3, 0.4) is 0 Å². The molecule has 0 saturated heterocycles. The first-order chi connectivity index (χ1) is 10.2. The zero-order valence-electron chi connectivity index (χ0n) is 11.9. The predicted molar refractivity (Wildman–Crippen MR) is 84.1 cm³/mol. The van der Waals surface area contributed by atoms with Gasteiger partial charge in [0.15, 0.2) is 5.65 Å². The molecule has 0 spiro atoms. The Morgan fingerprint density at radius 1 is 1.43 bits per heavy atom. The van der Waals surface area contributed by atoms with Crippen molar-refractivity contribution < 1.29 is 5.11 Å². The van der Waals surface area contributed by atoms with Crippen LogP contribution in [-0.4, -0.2) is 37.0 Å². The molecule has 2 unspecified atom stereocenters. The second-order valence-corrected chi connectivity index (χ2v) is 6.27. The monoisotopic (exact) mass is 305 g/mol. The first kappa shape index (κ1) is 14.3. The third kappa shape index (κ3) is 2.75. The Bertz CT molecular complexity index is 669. The van der Waals surface area contributed by atoms with Gasteiger partial charge < -0.3 is 15.4 Å². The molecule has 2 atom stereocenters. The van der Waals surface area contributed by atoms with Crippen molar-refractivity contribution in [2.24, 2.45) is 5.92 Å². The fourth-order valence-electron chi connectivity index (χ4n) is 2.54. The van der Waals surface area contributed by atoms with Crippen LogP contribution >= 0.6 is 11.8 Å². The van der Waals surface area contributed by atoms with Gasteiger partial charge in [-0.05, 0) is 18.6 Å². The highest BCUT2D eigenvalue weighted by atomic mass is 32.2. The van der Waals surface area contributed by atoms with Crippen LogP contribution in [0.5, 0.6) is 0 Å². The topological polar surface area (TPSA) is 89.9 Å². The van der Waals surface area contributed by atoms with Crippen molar-refractivity contribution in [2.45, 2.75) is 30.8 Å². The number of nitrogens with two attached hydrogens (primary N) is 1. The molecule has 0 saturated carbocycles. The summed E-state index contributed by atoms with van der Waals surface area (Å²) in [4.78, 5) is 13.1. The van der Waals surface area contributed by atoms with Crippen molar-refractivity contribution in [3.63, 3.8) is 0 Å². The largest absolute Gasteiger partial charge is 0.396 e. The summed E-state index contributed by atoms with van der Waals surface area (Å²) >= 11 is 1.66. The lowest BCUT2D eigenvalue weighted by atomic mass is 10.1. The lowest BCUT2D eigenvalue weighted by molar-refractivity contribution is 0.244. The summed E-state index contributed by atoms with van der Waals surface area (Å²) < 4.78 is 2.02. The van der Waals surface area contributed by atoms with E-state index in [1.54, 1.807) is 18.1 Å². The lowest BCUT2D eigenvalue weighted by Gasteiger charge is -2.12. The van der Waals surface area contributed by atoms with E-state index < -0.39 is 0 Å². The maximum atomic E-state index is 9.25. The quantitative estimate of drug-likeness (QED) is 0.499.